The van der Waals surface area contributed by atoms with Crippen molar-refractivity contribution in [1.82, 2.24) is 0 Å². The Morgan fingerprint density at radius 2 is 0.724 bits per heavy atom. The van der Waals surface area contributed by atoms with E-state index in [0.717, 1.165) is 50.1 Å². The van der Waals surface area contributed by atoms with Gasteiger partial charge < -0.3 is 9.32 Å². The molecular formula is C56H37NO. The van der Waals surface area contributed by atoms with Gasteiger partial charge in [-0.2, -0.15) is 0 Å². The lowest BCUT2D eigenvalue weighted by Crippen LogP contribution is -2.10. The van der Waals surface area contributed by atoms with E-state index in [0.29, 0.717) is 0 Å². The Bertz CT molecular complexity index is 3290. The van der Waals surface area contributed by atoms with Crippen molar-refractivity contribution in [2.24, 2.45) is 0 Å². The third-order valence-electron chi connectivity index (χ3n) is 11.4. The van der Waals surface area contributed by atoms with Gasteiger partial charge in [-0.15, -0.1) is 0 Å². The molecule has 0 unspecified atom stereocenters. The monoisotopic (exact) mass is 739 g/mol. The number of para-hydroxylation sites is 1. The summed E-state index contributed by atoms with van der Waals surface area (Å²) in [6.45, 7) is 0. The third-order valence-corrected chi connectivity index (χ3v) is 11.4. The molecule has 0 radical (unpaired) electrons. The maximum Gasteiger partial charge on any atom is 0.137 e. The van der Waals surface area contributed by atoms with Gasteiger partial charge in [-0.1, -0.05) is 170 Å². The first-order chi connectivity index (χ1) is 28.7. The highest BCUT2D eigenvalue weighted by Gasteiger charge is 2.18. The normalized spacial score (nSPS) is 11.4. The van der Waals surface area contributed by atoms with Crippen molar-refractivity contribution >= 4 is 60.5 Å². The van der Waals surface area contributed by atoms with Crippen LogP contribution in [0.1, 0.15) is 0 Å². The third kappa shape index (κ3) is 6.00. The predicted molar refractivity (Wildman–Crippen MR) is 245 cm³/mol. The minimum Gasteiger partial charge on any atom is -0.456 e. The second-order valence-corrected chi connectivity index (χ2v) is 14.9. The van der Waals surface area contributed by atoms with Crippen molar-refractivity contribution in [3.05, 3.63) is 224 Å². The summed E-state index contributed by atoms with van der Waals surface area (Å²) in [6.07, 6.45) is 0. The van der Waals surface area contributed by atoms with Crippen molar-refractivity contribution in [1.29, 1.82) is 0 Å². The number of hydrogen-bond donors (Lipinski definition) is 0. The molecule has 0 amide bonds. The summed E-state index contributed by atoms with van der Waals surface area (Å²) in [6, 6.07) is 80.7. The highest BCUT2D eigenvalue weighted by molar-refractivity contribution is 6.06. The summed E-state index contributed by atoms with van der Waals surface area (Å²) in [4.78, 5) is 2.35. The quantitative estimate of drug-likeness (QED) is 0.162. The summed E-state index contributed by atoms with van der Waals surface area (Å²) in [7, 11) is 0. The number of nitrogens with zero attached hydrogens (tertiary/aromatic N) is 1. The molecule has 0 aliphatic rings. The maximum atomic E-state index is 6.43. The van der Waals surface area contributed by atoms with E-state index >= 15 is 0 Å². The number of rotatable bonds is 7. The first-order valence-electron chi connectivity index (χ1n) is 19.8. The molecular weight excluding hydrogens is 703 g/mol. The number of fused-ring (bicyclic) bond motifs is 5. The van der Waals surface area contributed by atoms with Crippen LogP contribution in [-0.2, 0) is 0 Å². The van der Waals surface area contributed by atoms with Gasteiger partial charge in [0, 0.05) is 33.9 Å². The molecule has 2 nitrogen and oxygen atoms in total. The lowest BCUT2D eigenvalue weighted by Gasteiger charge is -2.26. The van der Waals surface area contributed by atoms with Gasteiger partial charge in [0.25, 0.3) is 0 Å². The first-order valence-corrected chi connectivity index (χ1v) is 19.8. The Labute approximate surface area is 337 Å². The molecule has 1 aromatic heterocycles. The molecule has 0 spiro atoms. The number of anilines is 3. The van der Waals surface area contributed by atoms with Gasteiger partial charge in [0.05, 0.1) is 0 Å². The summed E-state index contributed by atoms with van der Waals surface area (Å²) in [5, 5.41) is 7.23. The highest BCUT2D eigenvalue weighted by atomic mass is 16.3. The van der Waals surface area contributed by atoms with Crippen LogP contribution in [0.3, 0.4) is 0 Å². The van der Waals surface area contributed by atoms with E-state index in [1.54, 1.807) is 0 Å². The Morgan fingerprint density at radius 1 is 0.259 bits per heavy atom. The van der Waals surface area contributed by atoms with Crippen molar-refractivity contribution in [3.8, 4) is 44.5 Å². The Balaban J connectivity index is 0.996. The number of hydrogen-bond acceptors (Lipinski definition) is 2. The van der Waals surface area contributed by atoms with E-state index in [9.17, 15) is 0 Å². The van der Waals surface area contributed by atoms with Crippen LogP contribution in [0.2, 0.25) is 0 Å². The topological polar surface area (TPSA) is 16.4 Å². The van der Waals surface area contributed by atoms with Gasteiger partial charge in [-0.25, -0.2) is 0 Å². The first kappa shape index (κ1) is 33.6. The van der Waals surface area contributed by atoms with Gasteiger partial charge in [0.1, 0.15) is 11.2 Å². The van der Waals surface area contributed by atoms with Crippen LogP contribution in [0.25, 0.3) is 88.0 Å². The number of benzene rings is 10. The summed E-state index contributed by atoms with van der Waals surface area (Å²) in [5.74, 6) is 0. The number of furan rings is 1. The van der Waals surface area contributed by atoms with Gasteiger partial charge in [0.2, 0.25) is 0 Å². The average Bonchev–Trinajstić information content (AvgIpc) is 3.67. The van der Waals surface area contributed by atoms with Crippen LogP contribution in [-0.4, -0.2) is 0 Å². The van der Waals surface area contributed by atoms with E-state index in [4.69, 9.17) is 4.42 Å². The van der Waals surface area contributed by atoms with E-state index in [1.165, 1.54) is 54.9 Å². The summed E-state index contributed by atoms with van der Waals surface area (Å²) < 4.78 is 6.43. The van der Waals surface area contributed by atoms with Crippen LogP contribution in [0.5, 0.6) is 0 Å². The Kier molecular flexibility index (Phi) is 8.19. The molecule has 0 saturated heterocycles. The molecule has 10 aromatic carbocycles. The Hall–Kier alpha value is -7.68. The molecule has 58 heavy (non-hydrogen) atoms. The molecule has 11 aromatic rings. The van der Waals surface area contributed by atoms with Gasteiger partial charge in [0.15, 0.2) is 0 Å². The molecule has 0 bridgehead atoms. The second kappa shape index (κ2) is 14.1. The molecule has 272 valence electrons. The van der Waals surface area contributed by atoms with Gasteiger partial charge in [-0.3, -0.25) is 0 Å². The van der Waals surface area contributed by atoms with Crippen LogP contribution in [0, 0.1) is 0 Å². The lowest BCUT2D eigenvalue weighted by atomic mass is 9.95. The molecule has 0 atom stereocenters. The predicted octanol–water partition coefficient (Wildman–Crippen LogP) is 16.0. The minimum atomic E-state index is 0.865. The molecule has 11 rings (SSSR count). The zero-order valence-corrected chi connectivity index (χ0v) is 31.7. The minimum absolute atomic E-state index is 0.865. The molecule has 2 heteroatoms. The van der Waals surface area contributed by atoms with E-state index in [2.05, 4.69) is 217 Å². The van der Waals surface area contributed by atoms with Crippen molar-refractivity contribution < 1.29 is 4.42 Å². The molecule has 1 heterocycles. The summed E-state index contributed by atoms with van der Waals surface area (Å²) in [5.41, 5.74) is 14.4. The SMILES string of the molecule is c1cc(-c2ccc(-c3cccc4ccccc34)cc2)cc(-c2cccc(N(c3cccc(-c4cccc5ccccc45)c3)c3ccc4c(c3)oc3ccccc34)c2)c1. The molecule has 0 saturated carbocycles. The average molecular weight is 740 g/mol. The highest BCUT2D eigenvalue weighted by Crippen LogP contribution is 2.42. The zero-order chi connectivity index (χ0) is 38.4. The van der Waals surface area contributed by atoms with Crippen LogP contribution < -0.4 is 4.90 Å². The molecule has 0 fully saturated rings. The molecule has 0 N–H and O–H groups in total. The van der Waals surface area contributed by atoms with Gasteiger partial charge >= 0.3 is 0 Å². The largest absolute Gasteiger partial charge is 0.456 e. The van der Waals surface area contributed by atoms with E-state index in [-0.39, 0.29) is 0 Å². The fraction of sp³-hybridized carbons (Fsp3) is 0. The van der Waals surface area contributed by atoms with Crippen LogP contribution >= 0.6 is 0 Å². The molecule has 0 aliphatic heterocycles. The maximum absolute atomic E-state index is 6.43. The lowest BCUT2D eigenvalue weighted by molar-refractivity contribution is 0.669. The van der Waals surface area contributed by atoms with Crippen LogP contribution in [0.15, 0.2) is 229 Å². The van der Waals surface area contributed by atoms with Crippen molar-refractivity contribution in [2.45, 2.75) is 0 Å². The summed E-state index contributed by atoms with van der Waals surface area (Å²) >= 11 is 0. The van der Waals surface area contributed by atoms with Crippen molar-refractivity contribution in [3.63, 3.8) is 0 Å². The van der Waals surface area contributed by atoms with Gasteiger partial charge in [-0.05, 0) is 115 Å². The second-order valence-electron chi connectivity index (χ2n) is 14.9. The molecule has 0 aliphatic carbocycles. The van der Waals surface area contributed by atoms with E-state index < -0.39 is 0 Å². The smallest absolute Gasteiger partial charge is 0.137 e. The van der Waals surface area contributed by atoms with E-state index in [1.807, 2.05) is 12.1 Å². The van der Waals surface area contributed by atoms with Crippen molar-refractivity contribution in [2.75, 3.05) is 4.90 Å². The Morgan fingerprint density at radius 3 is 1.43 bits per heavy atom. The fourth-order valence-corrected chi connectivity index (χ4v) is 8.61. The zero-order valence-electron chi connectivity index (χ0n) is 31.7. The fourth-order valence-electron chi connectivity index (χ4n) is 8.61. The standard InChI is InChI=1S/C56H37NO/c1-3-22-49-39(12-1)14-10-25-51(49)41-30-28-38(29-31-41)42-16-7-17-43(34-42)44-18-8-20-46(35-44)57(48-32-33-54-53-24-5-6-27-55(53)58-56(54)37-48)47-21-9-19-45(36-47)52-26-11-15-40-13-2-4-23-50(40)52/h1-37H. The van der Waals surface area contributed by atoms with Crippen LogP contribution in [0.4, 0.5) is 17.1 Å².